The van der Waals surface area contributed by atoms with E-state index in [0.29, 0.717) is 35.8 Å². The predicted molar refractivity (Wildman–Crippen MR) is 178 cm³/mol. The fourth-order valence-electron chi connectivity index (χ4n) is 5.22. The number of benzene rings is 4. The quantitative estimate of drug-likeness (QED) is 0.110. The maximum Gasteiger partial charge on any atom is 0.303 e. The number of hydrogen-bond acceptors (Lipinski definition) is 5. The van der Waals surface area contributed by atoms with Crippen molar-refractivity contribution in [2.24, 2.45) is 0 Å². The minimum absolute atomic E-state index is 0.00323. The van der Waals surface area contributed by atoms with E-state index in [0.717, 1.165) is 47.9 Å². The number of hydrogen-bond donors (Lipinski definition) is 2. The summed E-state index contributed by atoms with van der Waals surface area (Å²) in [5.74, 6) is 0.992. The zero-order chi connectivity index (χ0) is 31.9. The second-order valence-corrected chi connectivity index (χ2v) is 11.0. The number of ether oxygens (including phenoxy) is 3. The molecule has 4 aromatic rings. The highest BCUT2D eigenvalue weighted by atomic mass is 16.5. The number of aryl methyl sites for hydroxylation is 1. The van der Waals surface area contributed by atoms with Gasteiger partial charge in [0.2, 0.25) is 0 Å². The van der Waals surface area contributed by atoms with Crippen molar-refractivity contribution in [1.29, 1.82) is 0 Å². The smallest absolute Gasteiger partial charge is 0.303 e. The molecule has 0 aliphatic heterocycles. The molecular formula is C38H43NO6. The molecule has 0 atom stereocenters. The topological polar surface area (TPSA) is 94.1 Å². The largest absolute Gasteiger partial charge is 0.497 e. The Morgan fingerprint density at radius 2 is 1.24 bits per heavy atom. The third-order valence-electron chi connectivity index (χ3n) is 7.71. The number of aliphatic carboxylic acids is 1. The summed E-state index contributed by atoms with van der Waals surface area (Å²) in [6.07, 6.45) is 6.92. The van der Waals surface area contributed by atoms with Crippen molar-refractivity contribution in [1.82, 2.24) is 5.32 Å². The van der Waals surface area contributed by atoms with Gasteiger partial charge in [-0.25, -0.2) is 0 Å². The molecule has 0 saturated carbocycles. The molecule has 0 radical (unpaired) electrons. The highest BCUT2D eigenvalue weighted by Crippen LogP contribution is 2.41. The molecule has 0 aliphatic carbocycles. The summed E-state index contributed by atoms with van der Waals surface area (Å²) in [6, 6.07) is 29.4. The molecule has 0 spiro atoms. The minimum atomic E-state index is -0.872. The summed E-state index contributed by atoms with van der Waals surface area (Å²) in [4.78, 5) is 24.6. The Kier molecular flexibility index (Phi) is 12.9. The van der Waals surface area contributed by atoms with Crippen LogP contribution in [-0.4, -0.2) is 44.4 Å². The molecule has 4 rings (SSSR count). The van der Waals surface area contributed by atoms with Gasteiger partial charge in [-0.1, -0.05) is 73.9 Å². The first-order chi connectivity index (χ1) is 22.0. The molecule has 0 unspecified atom stereocenters. The highest BCUT2D eigenvalue weighted by molar-refractivity contribution is 5.99. The van der Waals surface area contributed by atoms with E-state index < -0.39 is 5.97 Å². The van der Waals surface area contributed by atoms with Crippen LogP contribution in [0.1, 0.15) is 60.9 Å². The third kappa shape index (κ3) is 10.1. The lowest BCUT2D eigenvalue weighted by Gasteiger charge is -2.19. The van der Waals surface area contributed by atoms with E-state index in [2.05, 4.69) is 29.6 Å². The van der Waals surface area contributed by atoms with Gasteiger partial charge in [0.15, 0.2) is 0 Å². The molecule has 7 nitrogen and oxygen atoms in total. The molecule has 0 aliphatic rings. The first kappa shape index (κ1) is 33.1. The molecule has 2 N–H and O–H groups in total. The van der Waals surface area contributed by atoms with Gasteiger partial charge in [-0.3, -0.25) is 9.59 Å². The number of rotatable bonds is 18. The first-order valence-electron chi connectivity index (χ1n) is 15.6. The van der Waals surface area contributed by atoms with E-state index in [4.69, 9.17) is 19.3 Å². The van der Waals surface area contributed by atoms with E-state index >= 15 is 0 Å². The van der Waals surface area contributed by atoms with Crippen molar-refractivity contribution < 1.29 is 28.9 Å². The Morgan fingerprint density at radius 3 is 1.80 bits per heavy atom. The Bertz CT molecular complexity index is 1430. The van der Waals surface area contributed by atoms with Crippen LogP contribution in [0, 0.1) is 0 Å². The third-order valence-corrected chi connectivity index (χ3v) is 7.71. The second kappa shape index (κ2) is 17.5. The maximum absolute atomic E-state index is 13.5. The molecular weight excluding hydrogens is 566 g/mol. The fraction of sp³-hybridized carbons (Fsp3) is 0.316. The summed E-state index contributed by atoms with van der Waals surface area (Å²) < 4.78 is 17.0. The van der Waals surface area contributed by atoms with E-state index in [-0.39, 0.29) is 18.9 Å². The standard InChI is InChI=1S/C38H43NO6/c1-43-32-20-16-29(17-21-32)34-26-31(38(42)39-24-10-5-3-4-7-12-28-13-8-6-9-14-28)27-35(30-18-22-33(44-2)23-19-30)37(34)45-25-11-15-36(40)41/h6,8-9,13-14,16-23,26-27H,3-5,7,10-12,15,24-25H2,1-2H3,(H,39,42)(H,40,41). The first-order valence-corrected chi connectivity index (χ1v) is 15.6. The number of carboxylic acid groups (broad SMARTS) is 1. The van der Waals surface area contributed by atoms with Gasteiger partial charge < -0.3 is 24.6 Å². The molecule has 236 valence electrons. The Morgan fingerprint density at radius 1 is 0.689 bits per heavy atom. The fourth-order valence-corrected chi connectivity index (χ4v) is 5.22. The van der Waals surface area contributed by atoms with Crippen LogP contribution in [0.2, 0.25) is 0 Å². The van der Waals surface area contributed by atoms with Gasteiger partial charge >= 0.3 is 5.97 Å². The molecule has 4 aromatic carbocycles. The van der Waals surface area contributed by atoms with Crippen LogP contribution >= 0.6 is 0 Å². The molecule has 7 heteroatoms. The number of amides is 1. The van der Waals surface area contributed by atoms with Crippen molar-refractivity contribution in [2.45, 2.75) is 51.4 Å². The zero-order valence-electron chi connectivity index (χ0n) is 26.2. The lowest BCUT2D eigenvalue weighted by molar-refractivity contribution is -0.137. The molecule has 0 saturated heterocycles. The van der Waals surface area contributed by atoms with E-state index in [1.807, 2.05) is 66.7 Å². The lowest BCUT2D eigenvalue weighted by Crippen LogP contribution is -2.24. The molecule has 0 heterocycles. The molecule has 0 fully saturated rings. The SMILES string of the molecule is COc1ccc(-c2cc(C(=O)NCCCCCCCc3ccccc3)cc(-c3ccc(OC)cc3)c2OCCCC(=O)O)cc1. The number of carboxylic acids is 1. The van der Waals surface area contributed by atoms with Gasteiger partial charge in [0.1, 0.15) is 17.2 Å². The Labute approximate surface area is 266 Å². The average Bonchev–Trinajstić information content (AvgIpc) is 3.08. The number of nitrogens with one attached hydrogen (secondary N) is 1. The van der Waals surface area contributed by atoms with Crippen LogP contribution in [0.15, 0.2) is 91.0 Å². The van der Waals surface area contributed by atoms with Gasteiger partial charge in [-0.15, -0.1) is 0 Å². The van der Waals surface area contributed by atoms with Crippen LogP contribution in [-0.2, 0) is 11.2 Å². The van der Waals surface area contributed by atoms with Gasteiger partial charge in [0, 0.05) is 29.7 Å². The summed E-state index contributed by atoms with van der Waals surface area (Å²) >= 11 is 0. The minimum Gasteiger partial charge on any atom is -0.497 e. The zero-order valence-corrected chi connectivity index (χ0v) is 26.2. The Hall–Kier alpha value is -4.78. The molecule has 0 bridgehead atoms. The second-order valence-electron chi connectivity index (χ2n) is 11.0. The molecule has 0 aromatic heterocycles. The van der Waals surface area contributed by atoms with Gasteiger partial charge in [-0.2, -0.15) is 0 Å². The maximum atomic E-state index is 13.5. The van der Waals surface area contributed by atoms with Crippen molar-refractivity contribution in [2.75, 3.05) is 27.4 Å². The van der Waals surface area contributed by atoms with Crippen LogP contribution in [0.3, 0.4) is 0 Å². The van der Waals surface area contributed by atoms with Crippen molar-refractivity contribution in [3.05, 3.63) is 102 Å². The van der Waals surface area contributed by atoms with Crippen LogP contribution in [0.4, 0.5) is 0 Å². The Balaban J connectivity index is 1.51. The van der Waals surface area contributed by atoms with Crippen LogP contribution in [0.25, 0.3) is 22.3 Å². The predicted octanol–water partition coefficient (Wildman–Crippen LogP) is 8.20. The number of carbonyl (C=O) groups is 2. The summed E-state index contributed by atoms with van der Waals surface area (Å²) in [7, 11) is 3.23. The van der Waals surface area contributed by atoms with Crippen LogP contribution in [0.5, 0.6) is 17.2 Å². The van der Waals surface area contributed by atoms with E-state index in [1.165, 1.54) is 18.4 Å². The van der Waals surface area contributed by atoms with E-state index in [9.17, 15) is 9.59 Å². The molecule has 45 heavy (non-hydrogen) atoms. The monoisotopic (exact) mass is 609 g/mol. The summed E-state index contributed by atoms with van der Waals surface area (Å²) in [6.45, 7) is 0.816. The number of unbranched alkanes of at least 4 members (excludes halogenated alkanes) is 4. The van der Waals surface area contributed by atoms with Crippen molar-refractivity contribution >= 4 is 11.9 Å². The average molecular weight is 610 g/mol. The summed E-state index contributed by atoms with van der Waals surface area (Å²) in [5.41, 5.74) is 5.08. The van der Waals surface area contributed by atoms with Gasteiger partial charge in [-0.05, 0) is 78.8 Å². The van der Waals surface area contributed by atoms with Gasteiger partial charge in [0.05, 0.1) is 20.8 Å². The highest BCUT2D eigenvalue weighted by Gasteiger charge is 2.19. The normalized spacial score (nSPS) is 10.7. The van der Waals surface area contributed by atoms with Crippen molar-refractivity contribution in [3.63, 3.8) is 0 Å². The van der Waals surface area contributed by atoms with Crippen LogP contribution < -0.4 is 19.5 Å². The van der Waals surface area contributed by atoms with Crippen molar-refractivity contribution in [3.8, 4) is 39.5 Å². The molecule has 1 amide bonds. The number of methoxy groups -OCH3 is 2. The lowest BCUT2D eigenvalue weighted by atomic mass is 9.94. The van der Waals surface area contributed by atoms with Gasteiger partial charge in [0.25, 0.3) is 5.91 Å². The number of carbonyl (C=O) groups excluding carboxylic acids is 1. The van der Waals surface area contributed by atoms with E-state index in [1.54, 1.807) is 14.2 Å². The summed E-state index contributed by atoms with van der Waals surface area (Å²) in [5, 5.41) is 12.2.